The molecule has 1 aromatic rings. The average Bonchev–Trinajstić information content (AvgIpc) is 2.81. The van der Waals surface area contributed by atoms with Gasteiger partial charge in [0.25, 0.3) is 0 Å². The van der Waals surface area contributed by atoms with Crippen LogP contribution in [0.2, 0.25) is 0 Å². The number of ether oxygens (including phenoxy) is 1. The van der Waals surface area contributed by atoms with E-state index in [1.807, 2.05) is 6.07 Å². The monoisotopic (exact) mass is 442 g/mol. The van der Waals surface area contributed by atoms with Gasteiger partial charge in [-0.3, -0.25) is 0 Å². The number of carbonyl (C=O) groups is 1. The Kier molecular flexibility index (Phi) is 8.29. The van der Waals surface area contributed by atoms with Gasteiger partial charge in [-0.25, -0.2) is 9.18 Å². The molecule has 178 valence electrons. The van der Waals surface area contributed by atoms with Crippen LogP contribution in [0.15, 0.2) is 12.1 Å². The second-order valence-corrected chi connectivity index (χ2v) is 11.1. The molecule has 3 aliphatic rings. The number of hydrogen-bond donors (Lipinski definition) is 0. The molecule has 0 amide bonds. The van der Waals surface area contributed by atoms with E-state index in [1.54, 1.807) is 13.0 Å². The minimum Gasteiger partial charge on any atom is -0.458 e. The maximum absolute atomic E-state index is 14.3. The van der Waals surface area contributed by atoms with Gasteiger partial charge in [-0.2, -0.15) is 0 Å². The molecule has 1 atom stereocenters. The van der Waals surface area contributed by atoms with Crippen molar-refractivity contribution in [2.45, 2.75) is 116 Å². The van der Waals surface area contributed by atoms with Crippen molar-refractivity contribution in [3.8, 4) is 0 Å². The Labute approximate surface area is 194 Å². The lowest BCUT2D eigenvalue weighted by Crippen LogP contribution is -2.30. The predicted octanol–water partition coefficient (Wildman–Crippen LogP) is 8.19. The molecule has 2 nitrogen and oxygen atoms in total. The van der Waals surface area contributed by atoms with Crippen LogP contribution in [0.4, 0.5) is 4.39 Å². The minimum absolute atomic E-state index is 0.0854. The zero-order valence-corrected chi connectivity index (χ0v) is 20.3. The molecule has 3 heteroatoms. The van der Waals surface area contributed by atoms with Crippen LogP contribution in [0.5, 0.6) is 0 Å². The van der Waals surface area contributed by atoms with Gasteiger partial charge in [0.1, 0.15) is 11.9 Å². The zero-order chi connectivity index (χ0) is 22.5. The van der Waals surface area contributed by atoms with E-state index in [0.29, 0.717) is 12.0 Å². The van der Waals surface area contributed by atoms with E-state index in [1.165, 1.54) is 77.0 Å². The number of rotatable bonds is 8. The number of benzene rings is 1. The SMILES string of the molecule is CCCCCC1CCC(C2CCC(CCC3Cc4ccc(C)c(F)c4C(=O)O3)CC2)CC1. The first kappa shape index (κ1) is 23.8. The van der Waals surface area contributed by atoms with Gasteiger partial charge in [-0.1, -0.05) is 70.4 Å². The number of carbonyl (C=O) groups excluding carboxylic acids is 1. The first-order chi connectivity index (χ1) is 15.5. The molecule has 1 aliphatic heterocycles. The van der Waals surface area contributed by atoms with Gasteiger partial charge < -0.3 is 4.74 Å². The van der Waals surface area contributed by atoms with Gasteiger partial charge in [0.05, 0.1) is 5.56 Å². The van der Waals surface area contributed by atoms with Gasteiger partial charge in [0.2, 0.25) is 0 Å². The third-order valence-electron chi connectivity index (χ3n) is 8.91. The zero-order valence-electron chi connectivity index (χ0n) is 20.3. The highest BCUT2D eigenvalue weighted by atomic mass is 19.1. The molecule has 0 spiro atoms. The summed E-state index contributed by atoms with van der Waals surface area (Å²) in [6.07, 6.45) is 19.7. The number of cyclic esters (lactones) is 1. The van der Waals surface area contributed by atoms with Crippen molar-refractivity contribution in [1.29, 1.82) is 0 Å². The number of unbranched alkanes of at least 4 members (excludes halogenated alkanes) is 2. The fourth-order valence-corrected chi connectivity index (χ4v) is 6.77. The van der Waals surface area contributed by atoms with Crippen LogP contribution >= 0.6 is 0 Å². The van der Waals surface area contributed by atoms with Crippen molar-refractivity contribution in [3.05, 3.63) is 34.6 Å². The highest BCUT2D eigenvalue weighted by Crippen LogP contribution is 2.43. The second-order valence-electron chi connectivity index (χ2n) is 11.1. The summed E-state index contributed by atoms with van der Waals surface area (Å²) in [6.45, 7) is 4.00. The van der Waals surface area contributed by atoms with Gasteiger partial charge in [0, 0.05) is 6.42 Å². The number of fused-ring (bicyclic) bond motifs is 1. The van der Waals surface area contributed by atoms with Crippen LogP contribution in [0.3, 0.4) is 0 Å². The van der Waals surface area contributed by atoms with Crippen molar-refractivity contribution in [3.63, 3.8) is 0 Å². The molecule has 2 fully saturated rings. The third kappa shape index (κ3) is 5.75. The molecule has 32 heavy (non-hydrogen) atoms. The first-order valence-corrected chi connectivity index (χ1v) is 13.5. The van der Waals surface area contributed by atoms with Gasteiger partial charge >= 0.3 is 5.97 Å². The second kappa shape index (κ2) is 11.2. The lowest BCUT2D eigenvalue weighted by atomic mass is 9.68. The summed E-state index contributed by atoms with van der Waals surface area (Å²) >= 11 is 0. The Balaban J connectivity index is 1.17. The topological polar surface area (TPSA) is 26.3 Å². The summed E-state index contributed by atoms with van der Waals surface area (Å²) in [6, 6.07) is 3.69. The Bertz CT molecular complexity index is 757. The van der Waals surface area contributed by atoms with Crippen molar-refractivity contribution >= 4 is 5.97 Å². The Hall–Kier alpha value is -1.38. The smallest absolute Gasteiger partial charge is 0.341 e. The summed E-state index contributed by atoms with van der Waals surface area (Å²) in [7, 11) is 0. The maximum Gasteiger partial charge on any atom is 0.341 e. The van der Waals surface area contributed by atoms with Crippen LogP contribution in [0.1, 0.15) is 118 Å². The molecule has 2 saturated carbocycles. The highest BCUT2D eigenvalue weighted by molar-refractivity contribution is 5.92. The molecule has 1 unspecified atom stereocenters. The lowest BCUT2D eigenvalue weighted by molar-refractivity contribution is 0.0206. The average molecular weight is 443 g/mol. The van der Waals surface area contributed by atoms with Crippen LogP contribution in [0.25, 0.3) is 0 Å². The molecule has 4 rings (SSSR count). The van der Waals surface area contributed by atoms with Gasteiger partial charge in [0.15, 0.2) is 0 Å². The fourth-order valence-electron chi connectivity index (χ4n) is 6.77. The lowest BCUT2D eigenvalue weighted by Gasteiger charge is -2.38. The summed E-state index contributed by atoms with van der Waals surface area (Å²) in [5.41, 5.74) is 1.51. The van der Waals surface area contributed by atoms with E-state index < -0.39 is 11.8 Å². The number of hydrogen-bond acceptors (Lipinski definition) is 2. The Morgan fingerprint density at radius 1 is 0.875 bits per heavy atom. The molecule has 2 aliphatic carbocycles. The van der Waals surface area contributed by atoms with Crippen molar-refractivity contribution in [2.75, 3.05) is 0 Å². The predicted molar refractivity (Wildman–Crippen MR) is 128 cm³/mol. The molecule has 0 radical (unpaired) electrons. The van der Waals surface area contributed by atoms with E-state index in [9.17, 15) is 9.18 Å². The van der Waals surface area contributed by atoms with Crippen LogP contribution < -0.4 is 0 Å². The van der Waals surface area contributed by atoms with Crippen molar-refractivity contribution < 1.29 is 13.9 Å². The standard InChI is InChI=1S/C29H43FO2/c1-3-4-5-6-21-8-14-23(15-9-21)24-16-10-22(11-17-24)12-18-26-19-25-13-7-20(2)28(30)27(25)29(31)32-26/h7,13,21-24,26H,3-6,8-12,14-19H2,1-2H3. The normalized spacial score (nSPS) is 30.6. The molecule has 0 bridgehead atoms. The first-order valence-electron chi connectivity index (χ1n) is 13.5. The summed E-state index contributed by atoms with van der Waals surface area (Å²) in [4.78, 5) is 12.4. The van der Waals surface area contributed by atoms with Crippen molar-refractivity contribution in [1.82, 2.24) is 0 Å². The summed E-state index contributed by atoms with van der Waals surface area (Å²) in [5.74, 6) is 2.84. The number of esters is 1. The molecule has 0 aromatic heterocycles. The van der Waals surface area contributed by atoms with E-state index in [0.717, 1.165) is 42.1 Å². The van der Waals surface area contributed by atoms with E-state index >= 15 is 0 Å². The maximum atomic E-state index is 14.3. The third-order valence-corrected chi connectivity index (χ3v) is 8.91. The number of halogens is 1. The van der Waals surface area contributed by atoms with E-state index in [-0.39, 0.29) is 11.7 Å². The molecule has 1 heterocycles. The molecule has 0 N–H and O–H groups in total. The van der Waals surface area contributed by atoms with E-state index in [4.69, 9.17) is 4.74 Å². The molecular formula is C29H43FO2. The largest absolute Gasteiger partial charge is 0.458 e. The quantitative estimate of drug-likeness (QED) is 0.300. The van der Waals surface area contributed by atoms with Crippen LogP contribution in [-0.2, 0) is 11.2 Å². The van der Waals surface area contributed by atoms with Gasteiger partial charge in [-0.05, 0) is 80.2 Å². The Morgan fingerprint density at radius 3 is 2.12 bits per heavy atom. The molecule has 0 saturated heterocycles. The minimum atomic E-state index is -0.466. The van der Waals surface area contributed by atoms with E-state index in [2.05, 4.69) is 6.92 Å². The fraction of sp³-hybridized carbons (Fsp3) is 0.759. The summed E-state index contributed by atoms with van der Waals surface area (Å²) in [5, 5.41) is 0. The Morgan fingerprint density at radius 2 is 1.50 bits per heavy atom. The number of aryl methyl sites for hydroxylation is 1. The van der Waals surface area contributed by atoms with Crippen LogP contribution in [-0.4, -0.2) is 12.1 Å². The molecule has 1 aromatic carbocycles. The molecular weight excluding hydrogens is 399 g/mol. The van der Waals surface area contributed by atoms with Gasteiger partial charge in [-0.15, -0.1) is 0 Å². The van der Waals surface area contributed by atoms with Crippen LogP contribution in [0, 0.1) is 36.4 Å². The highest BCUT2D eigenvalue weighted by Gasteiger charge is 2.33. The van der Waals surface area contributed by atoms with Crippen molar-refractivity contribution in [2.24, 2.45) is 23.7 Å². The summed E-state index contributed by atoms with van der Waals surface area (Å²) < 4.78 is 19.9.